The highest BCUT2D eigenvalue weighted by molar-refractivity contribution is 5.73. The van der Waals surface area contributed by atoms with E-state index in [0.717, 1.165) is 35.3 Å². The van der Waals surface area contributed by atoms with E-state index in [1.54, 1.807) is 15.4 Å². The molecule has 3 N–H and O–H groups in total. The summed E-state index contributed by atoms with van der Waals surface area (Å²) in [6.45, 7) is 8.78. The Morgan fingerprint density at radius 3 is 2.49 bits per heavy atom. The topological polar surface area (TPSA) is 120 Å². The van der Waals surface area contributed by atoms with Gasteiger partial charge in [-0.2, -0.15) is 0 Å². The van der Waals surface area contributed by atoms with Gasteiger partial charge in [-0.25, -0.2) is 19.4 Å². The molecular formula is C28H32N8O. The summed E-state index contributed by atoms with van der Waals surface area (Å²) in [6.07, 6.45) is 5.14. The first-order chi connectivity index (χ1) is 17.8. The minimum Gasteiger partial charge on any atom is -0.320 e. The molecule has 0 bridgehead atoms. The first kappa shape index (κ1) is 24.6. The fourth-order valence-corrected chi connectivity index (χ4v) is 4.59. The zero-order chi connectivity index (χ0) is 26.2. The van der Waals surface area contributed by atoms with Crippen LogP contribution in [0.4, 0.5) is 0 Å². The molecule has 0 aliphatic rings. The molecule has 0 unspecified atom stereocenters. The maximum atomic E-state index is 12.8. The molecule has 3 aromatic heterocycles. The summed E-state index contributed by atoms with van der Waals surface area (Å²) < 4.78 is 3.38. The van der Waals surface area contributed by atoms with E-state index in [2.05, 4.69) is 54.0 Å². The van der Waals surface area contributed by atoms with Gasteiger partial charge in [-0.05, 0) is 42.0 Å². The molecule has 5 aromatic rings. The normalized spacial score (nSPS) is 12.1. The molecule has 9 nitrogen and oxygen atoms in total. The van der Waals surface area contributed by atoms with Crippen LogP contribution in [0, 0.1) is 0 Å². The molecule has 3 heterocycles. The van der Waals surface area contributed by atoms with Gasteiger partial charge < -0.3 is 10.7 Å². The van der Waals surface area contributed by atoms with Crippen LogP contribution in [0.5, 0.6) is 0 Å². The Kier molecular flexibility index (Phi) is 6.47. The fourth-order valence-electron chi connectivity index (χ4n) is 4.59. The van der Waals surface area contributed by atoms with Crippen molar-refractivity contribution in [3.8, 4) is 17.1 Å². The lowest BCUT2D eigenvalue weighted by Gasteiger charge is -2.23. The molecule has 0 fully saturated rings. The Bertz CT molecular complexity index is 1590. The second kappa shape index (κ2) is 9.74. The summed E-state index contributed by atoms with van der Waals surface area (Å²) in [5.74, 6) is 0.936. The first-order valence-corrected chi connectivity index (χ1v) is 12.7. The summed E-state index contributed by atoms with van der Waals surface area (Å²) in [7, 11) is 0. The van der Waals surface area contributed by atoms with Gasteiger partial charge in [0.05, 0.1) is 30.2 Å². The molecule has 0 aliphatic heterocycles. The molecule has 190 valence electrons. The van der Waals surface area contributed by atoms with Crippen molar-refractivity contribution in [1.82, 2.24) is 34.5 Å². The molecule has 0 spiro atoms. The van der Waals surface area contributed by atoms with Crippen LogP contribution in [-0.4, -0.2) is 34.5 Å². The average molecular weight is 497 g/mol. The molecule has 2 aromatic carbocycles. The number of hydrogen-bond acceptors (Lipinski definition) is 6. The number of H-pyrrole nitrogens is 1. The van der Waals surface area contributed by atoms with Crippen molar-refractivity contribution >= 4 is 11.2 Å². The molecule has 0 radical (unpaired) electrons. The van der Waals surface area contributed by atoms with Crippen molar-refractivity contribution in [3.63, 3.8) is 0 Å². The summed E-state index contributed by atoms with van der Waals surface area (Å²) >= 11 is 0. The highest BCUT2D eigenvalue weighted by atomic mass is 16.1. The summed E-state index contributed by atoms with van der Waals surface area (Å²) in [4.78, 5) is 25.0. The number of benzene rings is 2. The van der Waals surface area contributed by atoms with Gasteiger partial charge in [-0.1, -0.05) is 69.3 Å². The molecular weight excluding hydrogens is 464 g/mol. The molecule has 9 heteroatoms. The van der Waals surface area contributed by atoms with E-state index >= 15 is 0 Å². The zero-order valence-electron chi connectivity index (χ0n) is 21.6. The van der Waals surface area contributed by atoms with Crippen LogP contribution >= 0.6 is 0 Å². The molecule has 0 aliphatic carbocycles. The van der Waals surface area contributed by atoms with E-state index in [-0.39, 0.29) is 5.69 Å². The Labute approximate surface area is 215 Å². The Morgan fingerprint density at radius 2 is 1.78 bits per heavy atom. The van der Waals surface area contributed by atoms with E-state index in [1.807, 2.05) is 48.7 Å². The number of aromatic nitrogens is 7. The Morgan fingerprint density at radius 1 is 1.05 bits per heavy atom. The molecule has 37 heavy (non-hydrogen) atoms. The van der Waals surface area contributed by atoms with E-state index in [0.29, 0.717) is 29.5 Å². The Balaban J connectivity index is 1.44. The standard InChI is InChI=1S/C28H32N8O/c1-5-28(29,6-2)24-17-36(34-33-24)20-13-11-19(12-14-20)16-35-26-23(31-27(35)37)15-30-25(32-26)22-10-8-7-9-21(22)18(3)4/h7-15,17-18H,5-6,16,29H2,1-4H3,(H,31,37). The van der Waals surface area contributed by atoms with Crippen LogP contribution in [0.15, 0.2) is 65.7 Å². The molecule has 5 rings (SSSR count). The first-order valence-electron chi connectivity index (χ1n) is 12.7. The number of rotatable bonds is 8. The molecule has 0 saturated heterocycles. The van der Waals surface area contributed by atoms with Gasteiger partial charge in [-0.3, -0.25) is 4.57 Å². The van der Waals surface area contributed by atoms with Crippen molar-refractivity contribution in [2.24, 2.45) is 5.73 Å². The number of fused-ring (bicyclic) bond motifs is 1. The highest BCUT2D eigenvalue weighted by Crippen LogP contribution is 2.27. The van der Waals surface area contributed by atoms with Crippen LogP contribution in [-0.2, 0) is 12.1 Å². The van der Waals surface area contributed by atoms with E-state index < -0.39 is 5.54 Å². The highest BCUT2D eigenvalue weighted by Gasteiger charge is 2.26. The quantitative estimate of drug-likeness (QED) is 0.326. The number of imidazole rings is 1. The van der Waals surface area contributed by atoms with Gasteiger partial charge in [0.1, 0.15) is 11.2 Å². The van der Waals surface area contributed by atoms with Gasteiger partial charge in [0.25, 0.3) is 0 Å². The van der Waals surface area contributed by atoms with E-state index in [9.17, 15) is 4.79 Å². The third-order valence-corrected chi connectivity index (χ3v) is 7.14. The largest absolute Gasteiger partial charge is 0.328 e. The van der Waals surface area contributed by atoms with Crippen molar-refractivity contribution in [2.45, 2.75) is 58.5 Å². The lowest BCUT2D eigenvalue weighted by atomic mass is 9.91. The van der Waals surface area contributed by atoms with E-state index in [4.69, 9.17) is 10.7 Å². The van der Waals surface area contributed by atoms with Crippen LogP contribution in [0.3, 0.4) is 0 Å². The third-order valence-electron chi connectivity index (χ3n) is 7.14. The second-order valence-corrected chi connectivity index (χ2v) is 9.77. The van der Waals surface area contributed by atoms with Gasteiger partial charge in [0, 0.05) is 5.56 Å². The number of hydrogen-bond donors (Lipinski definition) is 2. The monoisotopic (exact) mass is 496 g/mol. The summed E-state index contributed by atoms with van der Waals surface area (Å²) in [5.41, 5.74) is 11.7. The lowest BCUT2D eigenvalue weighted by molar-refractivity contribution is 0.400. The minimum absolute atomic E-state index is 0.220. The van der Waals surface area contributed by atoms with Crippen LogP contribution in [0.1, 0.15) is 63.3 Å². The van der Waals surface area contributed by atoms with Crippen molar-refractivity contribution in [1.29, 1.82) is 0 Å². The predicted molar refractivity (Wildman–Crippen MR) is 145 cm³/mol. The third kappa shape index (κ3) is 4.58. The van der Waals surface area contributed by atoms with Gasteiger partial charge in [0.2, 0.25) is 0 Å². The zero-order valence-corrected chi connectivity index (χ0v) is 21.6. The maximum Gasteiger partial charge on any atom is 0.328 e. The average Bonchev–Trinajstić information content (AvgIpc) is 3.54. The summed E-state index contributed by atoms with van der Waals surface area (Å²) in [5, 5.41) is 8.59. The number of nitrogens with two attached hydrogens (primary N) is 1. The molecule has 0 amide bonds. The number of nitrogens with one attached hydrogen (secondary N) is 1. The summed E-state index contributed by atoms with van der Waals surface area (Å²) in [6, 6.07) is 16.0. The van der Waals surface area contributed by atoms with Gasteiger partial charge in [0.15, 0.2) is 11.5 Å². The van der Waals surface area contributed by atoms with Crippen molar-refractivity contribution in [2.75, 3.05) is 0 Å². The van der Waals surface area contributed by atoms with Crippen LogP contribution in [0.25, 0.3) is 28.2 Å². The predicted octanol–water partition coefficient (Wildman–Crippen LogP) is 4.51. The minimum atomic E-state index is -0.481. The number of aromatic amines is 1. The van der Waals surface area contributed by atoms with Crippen molar-refractivity contribution < 1.29 is 0 Å². The fraction of sp³-hybridized carbons (Fsp3) is 0.321. The van der Waals surface area contributed by atoms with Gasteiger partial charge in [-0.15, -0.1) is 5.10 Å². The Hall–Kier alpha value is -4.11. The van der Waals surface area contributed by atoms with Crippen LogP contribution < -0.4 is 11.4 Å². The van der Waals surface area contributed by atoms with Crippen LogP contribution in [0.2, 0.25) is 0 Å². The smallest absolute Gasteiger partial charge is 0.320 e. The molecule has 0 saturated carbocycles. The maximum absolute atomic E-state index is 12.8. The van der Waals surface area contributed by atoms with Gasteiger partial charge >= 0.3 is 5.69 Å². The van der Waals surface area contributed by atoms with Crippen molar-refractivity contribution in [3.05, 3.63) is 88.2 Å². The second-order valence-electron chi connectivity index (χ2n) is 9.77. The molecule has 0 atom stereocenters. The number of nitrogens with zero attached hydrogens (tertiary/aromatic N) is 6. The lowest BCUT2D eigenvalue weighted by Crippen LogP contribution is -2.35. The van der Waals surface area contributed by atoms with E-state index in [1.165, 1.54) is 5.56 Å². The SMILES string of the molecule is CCC(N)(CC)c1cn(-c2ccc(Cn3c(=O)[nH]c4cnc(-c5ccccc5C(C)C)nc43)cc2)nn1.